The van der Waals surface area contributed by atoms with Crippen LogP contribution in [-0.4, -0.2) is 45.3 Å². The first-order valence-corrected chi connectivity index (χ1v) is 5.99. The van der Waals surface area contributed by atoms with Crippen LogP contribution in [0.15, 0.2) is 18.2 Å². The van der Waals surface area contributed by atoms with E-state index in [1.165, 1.54) is 0 Å². The fraction of sp³-hybridized carbons (Fsp3) is 0.500. The molecule has 0 amide bonds. The number of benzene rings is 1. The Morgan fingerprint density at radius 2 is 2.12 bits per heavy atom. The fourth-order valence-corrected chi connectivity index (χ4v) is 1.54. The lowest BCUT2D eigenvalue weighted by Crippen LogP contribution is -2.20. The van der Waals surface area contributed by atoms with Crippen molar-refractivity contribution >= 4 is 23.0 Å². The Morgan fingerprint density at radius 3 is 2.76 bits per heavy atom. The maximum absolute atomic E-state index is 6.02. The summed E-state index contributed by atoms with van der Waals surface area (Å²) in [5.74, 6) is 0. The van der Waals surface area contributed by atoms with Crippen LogP contribution in [-0.2, 0) is 4.74 Å². The molecule has 0 aliphatic heterocycles. The van der Waals surface area contributed by atoms with E-state index in [2.05, 4.69) is 10.2 Å². The maximum Gasteiger partial charge on any atom is 0.0657 e. The molecular formula is C12H20ClN3O. The van der Waals surface area contributed by atoms with Crippen LogP contribution >= 0.6 is 11.6 Å². The molecule has 4 nitrogen and oxygen atoms in total. The van der Waals surface area contributed by atoms with Gasteiger partial charge in [0.25, 0.3) is 0 Å². The molecular weight excluding hydrogens is 238 g/mol. The fourth-order valence-electron chi connectivity index (χ4n) is 1.28. The molecule has 96 valence electrons. The van der Waals surface area contributed by atoms with E-state index in [0.717, 1.165) is 25.4 Å². The Kier molecular flexibility index (Phi) is 6.11. The molecule has 0 saturated heterocycles. The lowest BCUT2D eigenvalue weighted by molar-refractivity contribution is 0.126. The number of ether oxygens (including phenoxy) is 1. The zero-order chi connectivity index (χ0) is 12.7. The largest absolute Gasteiger partial charge is 0.399 e. The average molecular weight is 258 g/mol. The van der Waals surface area contributed by atoms with Crippen LogP contribution in [0.5, 0.6) is 0 Å². The third kappa shape index (κ3) is 5.77. The molecule has 3 N–H and O–H groups in total. The van der Waals surface area contributed by atoms with Crippen molar-refractivity contribution in [1.29, 1.82) is 0 Å². The van der Waals surface area contributed by atoms with Crippen LogP contribution in [0.2, 0.25) is 5.02 Å². The van der Waals surface area contributed by atoms with Gasteiger partial charge in [0.2, 0.25) is 0 Å². The van der Waals surface area contributed by atoms with Gasteiger partial charge in [-0.2, -0.15) is 0 Å². The Labute approximate surface area is 108 Å². The summed E-state index contributed by atoms with van der Waals surface area (Å²) in [7, 11) is 4.05. The van der Waals surface area contributed by atoms with E-state index >= 15 is 0 Å². The van der Waals surface area contributed by atoms with Crippen LogP contribution in [0.4, 0.5) is 11.4 Å². The van der Waals surface area contributed by atoms with Gasteiger partial charge in [-0.1, -0.05) is 11.6 Å². The highest BCUT2D eigenvalue weighted by molar-refractivity contribution is 6.33. The molecule has 0 aliphatic carbocycles. The number of hydrogen-bond donors (Lipinski definition) is 2. The molecule has 0 radical (unpaired) electrons. The first-order chi connectivity index (χ1) is 8.09. The van der Waals surface area contributed by atoms with Gasteiger partial charge in [0.1, 0.15) is 0 Å². The number of nitrogen functional groups attached to an aromatic ring is 1. The van der Waals surface area contributed by atoms with Gasteiger partial charge in [-0.15, -0.1) is 0 Å². The lowest BCUT2D eigenvalue weighted by atomic mass is 10.3. The van der Waals surface area contributed by atoms with Crippen molar-refractivity contribution in [3.8, 4) is 0 Å². The zero-order valence-electron chi connectivity index (χ0n) is 10.4. The van der Waals surface area contributed by atoms with Gasteiger partial charge in [0.05, 0.1) is 23.9 Å². The molecule has 1 rings (SSSR count). The van der Waals surface area contributed by atoms with Gasteiger partial charge in [-0.05, 0) is 32.3 Å². The van der Waals surface area contributed by atoms with Crippen molar-refractivity contribution in [2.45, 2.75) is 0 Å². The molecule has 0 saturated carbocycles. The highest BCUT2D eigenvalue weighted by atomic mass is 35.5. The Hall–Kier alpha value is -0.970. The number of rotatable bonds is 7. The highest BCUT2D eigenvalue weighted by Gasteiger charge is 1.99. The van der Waals surface area contributed by atoms with Gasteiger partial charge in [-0.25, -0.2) is 0 Å². The van der Waals surface area contributed by atoms with Crippen LogP contribution in [0, 0.1) is 0 Å². The van der Waals surface area contributed by atoms with E-state index in [4.69, 9.17) is 22.1 Å². The summed E-state index contributed by atoms with van der Waals surface area (Å²) >= 11 is 6.02. The number of nitrogens with one attached hydrogen (secondary N) is 1. The van der Waals surface area contributed by atoms with E-state index in [9.17, 15) is 0 Å². The third-order valence-electron chi connectivity index (χ3n) is 2.24. The second-order valence-electron chi connectivity index (χ2n) is 4.08. The summed E-state index contributed by atoms with van der Waals surface area (Å²) in [5.41, 5.74) is 7.16. The molecule has 1 aromatic carbocycles. The average Bonchev–Trinajstić information content (AvgIpc) is 2.25. The molecule has 17 heavy (non-hydrogen) atoms. The van der Waals surface area contributed by atoms with E-state index in [1.807, 2.05) is 26.2 Å². The molecule has 0 heterocycles. The minimum atomic E-state index is 0.637. The smallest absolute Gasteiger partial charge is 0.0657 e. The number of anilines is 2. The van der Waals surface area contributed by atoms with E-state index < -0.39 is 0 Å². The molecule has 0 aliphatic rings. The maximum atomic E-state index is 6.02. The van der Waals surface area contributed by atoms with Crippen molar-refractivity contribution in [3.05, 3.63) is 23.2 Å². The van der Waals surface area contributed by atoms with E-state index in [0.29, 0.717) is 17.3 Å². The molecule has 0 unspecified atom stereocenters. The van der Waals surface area contributed by atoms with Crippen LogP contribution in [0.25, 0.3) is 0 Å². The Morgan fingerprint density at radius 1 is 1.35 bits per heavy atom. The molecule has 5 heteroatoms. The summed E-state index contributed by atoms with van der Waals surface area (Å²) in [6, 6.07) is 5.43. The van der Waals surface area contributed by atoms with Crippen molar-refractivity contribution < 1.29 is 4.74 Å². The number of halogens is 1. The van der Waals surface area contributed by atoms with Gasteiger partial charge < -0.3 is 20.7 Å². The Bertz CT molecular complexity index is 345. The molecule has 0 atom stereocenters. The second kappa shape index (κ2) is 7.37. The predicted octanol–water partition coefficient (Wildman–Crippen LogP) is 1.91. The Balaban J connectivity index is 2.18. The highest BCUT2D eigenvalue weighted by Crippen LogP contribution is 2.23. The van der Waals surface area contributed by atoms with E-state index in [-0.39, 0.29) is 0 Å². The van der Waals surface area contributed by atoms with Gasteiger partial charge in [0.15, 0.2) is 0 Å². The van der Waals surface area contributed by atoms with Gasteiger partial charge >= 0.3 is 0 Å². The van der Waals surface area contributed by atoms with Crippen LogP contribution in [0.3, 0.4) is 0 Å². The van der Waals surface area contributed by atoms with Gasteiger partial charge in [0, 0.05) is 18.8 Å². The van der Waals surface area contributed by atoms with Crippen molar-refractivity contribution in [2.75, 3.05) is 51.4 Å². The van der Waals surface area contributed by atoms with Crippen molar-refractivity contribution in [1.82, 2.24) is 4.90 Å². The summed E-state index contributed by atoms with van der Waals surface area (Å²) < 4.78 is 5.46. The monoisotopic (exact) mass is 257 g/mol. The summed E-state index contributed by atoms with van der Waals surface area (Å²) in [6.45, 7) is 3.07. The summed E-state index contributed by atoms with van der Waals surface area (Å²) in [5, 5.41) is 3.84. The molecule has 0 spiro atoms. The first kappa shape index (κ1) is 14.1. The molecule has 0 fully saturated rings. The zero-order valence-corrected chi connectivity index (χ0v) is 11.1. The first-order valence-electron chi connectivity index (χ1n) is 5.61. The van der Waals surface area contributed by atoms with Crippen LogP contribution in [0.1, 0.15) is 0 Å². The number of nitrogens with zero attached hydrogens (tertiary/aromatic N) is 1. The number of nitrogens with two attached hydrogens (primary N) is 1. The minimum Gasteiger partial charge on any atom is -0.399 e. The quantitative estimate of drug-likeness (QED) is 0.579. The molecule has 1 aromatic rings. The normalized spacial score (nSPS) is 10.8. The molecule has 0 bridgehead atoms. The SMILES string of the molecule is CN(C)CCOCCNc1ccc(N)cc1Cl. The van der Waals surface area contributed by atoms with Crippen molar-refractivity contribution in [3.63, 3.8) is 0 Å². The minimum absolute atomic E-state index is 0.637. The third-order valence-corrected chi connectivity index (χ3v) is 2.55. The second-order valence-corrected chi connectivity index (χ2v) is 4.49. The van der Waals surface area contributed by atoms with Crippen LogP contribution < -0.4 is 11.1 Å². The summed E-state index contributed by atoms with van der Waals surface area (Å²) in [6.07, 6.45) is 0. The molecule has 0 aromatic heterocycles. The van der Waals surface area contributed by atoms with Crippen molar-refractivity contribution in [2.24, 2.45) is 0 Å². The topological polar surface area (TPSA) is 50.5 Å². The number of likely N-dealkylation sites (N-methyl/N-ethyl adjacent to an activating group) is 1. The number of hydrogen-bond acceptors (Lipinski definition) is 4. The predicted molar refractivity (Wildman–Crippen MR) is 73.7 cm³/mol. The van der Waals surface area contributed by atoms with Gasteiger partial charge in [-0.3, -0.25) is 0 Å². The summed E-state index contributed by atoms with van der Waals surface area (Å²) in [4.78, 5) is 2.09. The van der Waals surface area contributed by atoms with E-state index in [1.54, 1.807) is 6.07 Å². The standard InChI is InChI=1S/C12H20ClN3O/c1-16(2)6-8-17-7-5-15-12-4-3-10(14)9-11(12)13/h3-4,9,15H,5-8,14H2,1-2H3. The lowest BCUT2D eigenvalue weighted by Gasteiger charge is -2.11.